The summed E-state index contributed by atoms with van der Waals surface area (Å²) in [5, 5.41) is 0. The molecule has 4 nitrogen and oxygen atoms in total. The summed E-state index contributed by atoms with van der Waals surface area (Å²) in [4.78, 5) is 15.3. The summed E-state index contributed by atoms with van der Waals surface area (Å²) in [6.45, 7) is 0.829. The molecule has 0 bridgehead atoms. The van der Waals surface area contributed by atoms with Crippen LogP contribution in [0.1, 0.15) is 11.6 Å². The van der Waals surface area contributed by atoms with Gasteiger partial charge in [-0.05, 0) is 18.7 Å². The molecule has 0 fully saturated rings. The van der Waals surface area contributed by atoms with Gasteiger partial charge in [-0.2, -0.15) is 0 Å². The number of hydrogen-bond acceptors (Lipinski definition) is 3. The standard InChI is InChI=1S/C13H20BrN3O/c1-16(2)13(18)9-17(3)12(8-15)10-6-4-5-7-11(10)14/h4-7,12H,8-9,15H2,1-3H3. The molecule has 0 saturated carbocycles. The highest BCUT2D eigenvalue weighted by molar-refractivity contribution is 9.10. The number of halogens is 1. The molecule has 2 N–H and O–H groups in total. The molecule has 0 radical (unpaired) electrons. The fourth-order valence-corrected chi connectivity index (χ4v) is 2.30. The Hall–Kier alpha value is -0.910. The van der Waals surface area contributed by atoms with E-state index >= 15 is 0 Å². The lowest BCUT2D eigenvalue weighted by Crippen LogP contribution is -2.39. The Morgan fingerprint density at radius 2 is 1.94 bits per heavy atom. The zero-order chi connectivity index (χ0) is 13.7. The molecule has 0 saturated heterocycles. The molecule has 1 aromatic carbocycles. The number of benzene rings is 1. The van der Waals surface area contributed by atoms with Gasteiger partial charge in [-0.25, -0.2) is 0 Å². The lowest BCUT2D eigenvalue weighted by molar-refractivity contribution is -0.130. The quantitative estimate of drug-likeness (QED) is 0.895. The van der Waals surface area contributed by atoms with Crippen molar-refractivity contribution in [2.75, 3.05) is 34.2 Å². The van der Waals surface area contributed by atoms with Gasteiger partial charge in [-0.1, -0.05) is 34.1 Å². The summed E-state index contributed by atoms with van der Waals surface area (Å²) < 4.78 is 1.02. The van der Waals surface area contributed by atoms with Crippen LogP contribution in [0.3, 0.4) is 0 Å². The van der Waals surface area contributed by atoms with Crippen molar-refractivity contribution in [3.8, 4) is 0 Å². The maximum absolute atomic E-state index is 11.7. The van der Waals surface area contributed by atoms with Crippen LogP contribution in [0.5, 0.6) is 0 Å². The Kier molecular flexibility index (Phi) is 5.78. The molecule has 5 heteroatoms. The molecule has 0 aliphatic rings. The van der Waals surface area contributed by atoms with Gasteiger partial charge in [0.15, 0.2) is 0 Å². The molecule has 1 rings (SSSR count). The highest BCUT2D eigenvalue weighted by Gasteiger charge is 2.20. The van der Waals surface area contributed by atoms with E-state index in [1.807, 2.05) is 36.2 Å². The van der Waals surface area contributed by atoms with Gasteiger partial charge >= 0.3 is 0 Å². The van der Waals surface area contributed by atoms with E-state index < -0.39 is 0 Å². The Bertz CT molecular complexity index is 409. The first-order valence-corrected chi connectivity index (χ1v) is 6.61. The third-order valence-corrected chi connectivity index (χ3v) is 3.63. The van der Waals surface area contributed by atoms with Crippen LogP contribution in [0.25, 0.3) is 0 Å². The van der Waals surface area contributed by atoms with E-state index in [9.17, 15) is 4.79 Å². The first-order valence-electron chi connectivity index (χ1n) is 5.82. The van der Waals surface area contributed by atoms with Crippen molar-refractivity contribution in [1.82, 2.24) is 9.80 Å². The molecule has 1 aromatic rings. The minimum absolute atomic E-state index is 0.0319. The number of rotatable bonds is 5. The number of carbonyl (C=O) groups is 1. The minimum Gasteiger partial charge on any atom is -0.348 e. The molecule has 0 aliphatic heterocycles. The summed E-state index contributed by atoms with van der Waals surface area (Å²) in [7, 11) is 5.43. The fourth-order valence-electron chi connectivity index (χ4n) is 1.75. The molecular formula is C13H20BrN3O. The molecule has 1 atom stereocenters. The van der Waals surface area contributed by atoms with E-state index in [4.69, 9.17) is 5.73 Å². The topological polar surface area (TPSA) is 49.6 Å². The predicted molar refractivity (Wildman–Crippen MR) is 77.3 cm³/mol. The summed E-state index contributed by atoms with van der Waals surface area (Å²) >= 11 is 3.52. The molecule has 1 unspecified atom stereocenters. The van der Waals surface area contributed by atoms with Crippen LogP contribution in [0.4, 0.5) is 0 Å². The molecule has 0 aromatic heterocycles. The van der Waals surface area contributed by atoms with Crippen molar-refractivity contribution in [1.29, 1.82) is 0 Å². The molecular weight excluding hydrogens is 294 g/mol. The molecule has 1 amide bonds. The number of carbonyl (C=O) groups excluding carboxylic acids is 1. The number of nitrogens with two attached hydrogens (primary N) is 1. The van der Waals surface area contributed by atoms with Crippen LogP contribution in [0, 0.1) is 0 Å². The van der Waals surface area contributed by atoms with Crippen LogP contribution < -0.4 is 5.73 Å². The summed E-state index contributed by atoms with van der Waals surface area (Å²) in [6, 6.07) is 7.98. The number of likely N-dealkylation sites (N-methyl/N-ethyl adjacent to an activating group) is 2. The van der Waals surface area contributed by atoms with Crippen molar-refractivity contribution in [3.05, 3.63) is 34.3 Å². The van der Waals surface area contributed by atoms with Gasteiger partial charge in [-0.3, -0.25) is 9.69 Å². The van der Waals surface area contributed by atoms with E-state index in [1.165, 1.54) is 0 Å². The highest BCUT2D eigenvalue weighted by Crippen LogP contribution is 2.26. The third kappa shape index (κ3) is 3.80. The van der Waals surface area contributed by atoms with E-state index in [0.29, 0.717) is 13.1 Å². The first-order chi connectivity index (χ1) is 8.47. The van der Waals surface area contributed by atoms with E-state index in [2.05, 4.69) is 15.9 Å². The van der Waals surface area contributed by atoms with Crippen molar-refractivity contribution in [2.24, 2.45) is 5.73 Å². The Morgan fingerprint density at radius 1 is 1.33 bits per heavy atom. The zero-order valence-corrected chi connectivity index (χ0v) is 12.6. The molecule has 18 heavy (non-hydrogen) atoms. The van der Waals surface area contributed by atoms with E-state index in [1.54, 1.807) is 19.0 Å². The van der Waals surface area contributed by atoms with Crippen LogP contribution in [-0.4, -0.2) is 49.9 Å². The van der Waals surface area contributed by atoms with E-state index in [0.717, 1.165) is 10.0 Å². The van der Waals surface area contributed by atoms with Gasteiger partial charge in [0, 0.05) is 31.2 Å². The highest BCUT2D eigenvalue weighted by atomic mass is 79.9. The molecule has 0 aliphatic carbocycles. The number of amides is 1. The summed E-state index contributed by atoms with van der Waals surface area (Å²) in [5.41, 5.74) is 6.94. The minimum atomic E-state index is 0.0319. The average Bonchev–Trinajstić information content (AvgIpc) is 2.32. The normalized spacial score (nSPS) is 12.6. The van der Waals surface area contributed by atoms with Gasteiger partial charge in [0.05, 0.1) is 6.54 Å². The second-order valence-corrected chi connectivity index (χ2v) is 5.33. The number of nitrogens with zero attached hydrogens (tertiary/aromatic N) is 2. The van der Waals surface area contributed by atoms with Crippen LogP contribution in [0.2, 0.25) is 0 Å². The second kappa shape index (κ2) is 6.87. The largest absolute Gasteiger partial charge is 0.348 e. The van der Waals surface area contributed by atoms with Crippen LogP contribution >= 0.6 is 15.9 Å². The van der Waals surface area contributed by atoms with E-state index in [-0.39, 0.29) is 11.9 Å². The Morgan fingerprint density at radius 3 is 2.44 bits per heavy atom. The summed E-state index contributed by atoms with van der Waals surface area (Å²) in [6.07, 6.45) is 0. The van der Waals surface area contributed by atoms with Crippen molar-refractivity contribution in [2.45, 2.75) is 6.04 Å². The van der Waals surface area contributed by atoms with Crippen molar-refractivity contribution < 1.29 is 4.79 Å². The van der Waals surface area contributed by atoms with Gasteiger partial charge in [0.1, 0.15) is 0 Å². The van der Waals surface area contributed by atoms with Gasteiger partial charge in [0.2, 0.25) is 5.91 Å². The molecule has 0 spiro atoms. The van der Waals surface area contributed by atoms with Gasteiger partial charge in [0.25, 0.3) is 0 Å². The Labute approximate surface area is 117 Å². The number of hydrogen-bond donors (Lipinski definition) is 1. The van der Waals surface area contributed by atoms with Crippen LogP contribution in [0.15, 0.2) is 28.7 Å². The average molecular weight is 314 g/mol. The zero-order valence-electron chi connectivity index (χ0n) is 11.1. The SMILES string of the molecule is CN(C)C(=O)CN(C)C(CN)c1ccccc1Br. The lowest BCUT2D eigenvalue weighted by Gasteiger charge is -2.28. The summed E-state index contributed by atoms with van der Waals surface area (Å²) in [5.74, 6) is 0.0722. The monoisotopic (exact) mass is 313 g/mol. The first kappa shape index (κ1) is 15.1. The van der Waals surface area contributed by atoms with Crippen molar-refractivity contribution >= 4 is 21.8 Å². The van der Waals surface area contributed by atoms with Crippen LogP contribution in [-0.2, 0) is 4.79 Å². The molecule has 0 heterocycles. The predicted octanol–water partition coefficient (Wildman–Crippen LogP) is 1.47. The smallest absolute Gasteiger partial charge is 0.236 e. The van der Waals surface area contributed by atoms with Gasteiger partial charge in [-0.15, -0.1) is 0 Å². The Balaban J connectivity index is 2.84. The maximum Gasteiger partial charge on any atom is 0.236 e. The third-order valence-electron chi connectivity index (χ3n) is 2.90. The lowest BCUT2D eigenvalue weighted by atomic mass is 10.1. The maximum atomic E-state index is 11.7. The van der Waals surface area contributed by atoms with Crippen molar-refractivity contribution in [3.63, 3.8) is 0 Å². The fraction of sp³-hybridized carbons (Fsp3) is 0.462. The molecule has 100 valence electrons. The van der Waals surface area contributed by atoms with Gasteiger partial charge < -0.3 is 10.6 Å². The second-order valence-electron chi connectivity index (χ2n) is 4.48.